The second kappa shape index (κ2) is 20.5. The van der Waals surface area contributed by atoms with Crippen molar-refractivity contribution in [3.63, 3.8) is 0 Å². The van der Waals surface area contributed by atoms with Gasteiger partial charge in [0.25, 0.3) is 8.32 Å². The lowest BCUT2D eigenvalue weighted by Gasteiger charge is -2.44. The van der Waals surface area contributed by atoms with Crippen LogP contribution >= 0.6 is 0 Å². The molecule has 9 rings (SSSR count). The maximum absolute atomic E-state index is 15.1. The Morgan fingerprint density at radius 2 is 1.07 bits per heavy atom. The molecule has 1 N–H and O–H groups in total. The molecule has 0 saturated carbocycles. The third kappa shape index (κ3) is 9.27. The normalized spacial score (nSPS) is 16.2. The second-order valence-corrected chi connectivity index (χ2v) is 23.5. The number of carbonyl (C=O) groups is 2. The number of rotatable bonds is 16. The molecule has 1 saturated heterocycles. The van der Waals surface area contributed by atoms with Gasteiger partial charge in [0.05, 0.1) is 33.0 Å². The lowest BCUT2D eigenvalue weighted by atomic mass is 9.80. The van der Waals surface area contributed by atoms with E-state index in [1.165, 1.54) is 0 Å². The molecule has 1 aliphatic carbocycles. The predicted molar refractivity (Wildman–Crippen MR) is 279 cm³/mol. The summed E-state index contributed by atoms with van der Waals surface area (Å²) in [6, 6.07) is 62.2. The first-order valence-electron chi connectivity index (χ1n) is 24.2. The van der Waals surface area contributed by atoms with Crippen molar-refractivity contribution < 1.29 is 33.0 Å². The van der Waals surface area contributed by atoms with Gasteiger partial charge >= 0.3 is 6.09 Å². The van der Waals surface area contributed by atoms with E-state index >= 15 is 4.79 Å². The number of likely N-dealkylation sites (tertiary alicyclic amines) is 1. The van der Waals surface area contributed by atoms with E-state index < -0.39 is 32.1 Å². The smallest absolute Gasteiger partial charge is 0.407 e. The van der Waals surface area contributed by atoms with Crippen molar-refractivity contribution in [2.24, 2.45) is 0 Å². The van der Waals surface area contributed by atoms with E-state index in [1.54, 1.807) is 21.1 Å². The van der Waals surface area contributed by atoms with E-state index in [0.717, 1.165) is 49.3 Å². The Hall–Kier alpha value is -6.98. The Labute approximate surface area is 413 Å². The van der Waals surface area contributed by atoms with Crippen molar-refractivity contribution in [2.45, 2.75) is 68.9 Å². The molecule has 3 atom stereocenters. The number of methoxy groups -OCH3 is 2. The monoisotopic (exact) mass is 950 g/mol. The van der Waals surface area contributed by atoms with Crippen molar-refractivity contribution in [3.05, 3.63) is 216 Å². The number of carbonyl (C=O) groups excluding carboxylic acids is 2. The molecule has 7 aromatic carbocycles. The van der Waals surface area contributed by atoms with Crippen molar-refractivity contribution in [2.75, 3.05) is 34.0 Å². The van der Waals surface area contributed by atoms with E-state index in [-0.39, 0.29) is 42.7 Å². The molecule has 358 valence electrons. The van der Waals surface area contributed by atoms with Crippen LogP contribution < -0.4 is 25.2 Å². The Bertz CT molecular complexity index is 2740. The van der Waals surface area contributed by atoms with Gasteiger partial charge in [-0.3, -0.25) is 4.79 Å². The molecule has 9 nitrogen and oxygen atoms in total. The van der Waals surface area contributed by atoms with E-state index in [2.05, 4.69) is 111 Å². The predicted octanol–water partition coefficient (Wildman–Crippen LogP) is 10.5. The Kier molecular flexibility index (Phi) is 14.1. The molecule has 10 heteroatoms. The average molecular weight is 951 g/mol. The summed E-state index contributed by atoms with van der Waals surface area (Å²) in [6.45, 7) is 9.06. The van der Waals surface area contributed by atoms with Crippen LogP contribution in [0, 0.1) is 0 Å². The van der Waals surface area contributed by atoms with Gasteiger partial charge < -0.3 is 33.6 Å². The van der Waals surface area contributed by atoms with Gasteiger partial charge in [-0.15, -0.1) is 0 Å². The Balaban J connectivity index is 1.06. The highest BCUT2D eigenvalue weighted by Gasteiger charge is 2.53. The van der Waals surface area contributed by atoms with Crippen LogP contribution in [0.25, 0.3) is 11.1 Å². The number of fused-ring (bicyclic) bond motifs is 3. The highest BCUT2D eigenvalue weighted by atomic mass is 28.4. The van der Waals surface area contributed by atoms with Crippen LogP contribution in [0.5, 0.6) is 11.5 Å². The number of nitrogens with zero attached hydrogens (tertiary/aromatic N) is 1. The van der Waals surface area contributed by atoms with Gasteiger partial charge in [-0.1, -0.05) is 185 Å². The third-order valence-electron chi connectivity index (χ3n) is 14.1. The molecule has 2 amide bonds. The largest absolute Gasteiger partial charge is 0.497 e. The van der Waals surface area contributed by atoms with E-state index in [4.69, 9.17) is 23.4 Å². The minimum absolute atomic E-state index is 0.120. The highest BCUT2D eigenvalue weighted by Crippen LogP contribution is 2.46. The maximum Gasteiger partial charge on any atom is 0.407 e. The molecule has 1 fully saturated rings. The first-order chi connectivity index (χ1) is 34.0. The quantitative estimate of drug-likeness (QED) is 0.0761. The second-order valence-electron chi connectivity index (χ2n) is 19.3. The molecule has 7 aromatic rings. The van der Waals surface area contributed by atoms with Crippen molar-refractivity contribution >= 4 is 30.7 Å². The Morgan fingerprint density at radius 1 is 0.614 bits per heavy atom. The molecular weight excluding hydrogens is 889 g/mol. The van der Waals surface area contributed by atoms with Crippen LogP contribution in [-0.2, 0) is 24.3 Å². The molecule has 2 aliphatic rings. The number of ether oxygens (including phenoxy) is 4. The lowest BCUT2D eigenvalue weighted by molar-refractivity contribution is -0.136. The average Bonchev–Trinajstić information content (AvgIpc) is 3.96. The van der Waals surface area contributed by atoms with Gasteiger partial charge in [-0.05, 0) is 92.0 Å². The fraction of sp³-hybridized carbons (Fsp3) is 0.267. The Morgan fingerprint density at radius 3 is 1.56 bits per heavy atom. The minimum atomic E-state index is -3.06. The number of nitrogens with one attached hydrogen (secondary N) is 1. The summed E-state index contributed by atoms with van der Waals surface area (Å²) in [4.78, 5) is 30.8. The molecule has 0 bridgehead atoms. The van der Waals surface area contributed by atoms with Gasteiger partial charge in [0, 0.05) is 12.5 Å². The molecule has 1 heterocycles. The molecule has 0 spiro atoms. The van der Waals surface area contributed by atoms with Crippen molar-refractivity contribution in [3.8, 4) is 22.6 Å². The van der Waals surface area contributed by atoms with E-state index in [9.17, 15) is 4.79 Å². The van der Waals surface area contributed by atoms with Crippen LogP contribution in [0.1, 0.15) is 67.9 Å². The molecule has 0 unspecified atom stereocenters. The first kappa shape index (κ1) is 48.1. The lowest BCUT2D eigenvalue weighted by Crippen LogP contribution is -2.67. The van der Waals surface area contributed by atoms with Gasteiger partial charge in [-0.25, -0.2) is 4.79 Å². The fourth-order valence-electron chi connectivity index (χ4n) is 10.8. The van der Waals surface area contributed by atoms with Crippen LogP contribution in [0.2, 0.25) is 5.04 Å². The zero-order chi connectivity index (χ0) is 48.9. The summed E-state index contributed by atoms with van der Waals surface area (Å²) in [5.74, 6) is 1.06. The van der Waals surface area contributed by atoms with Gasteiger partial charge in [-0.2, -0.15) is 0 Å². The number of alkyl carbamates (subject to hydrolysis) is 1. The number of hydrogen-bond acceptors (Lipinski definition) is 7. The van der Waals surface area contributed by atoms with Crippen LogP contribution in [0.4, 0.5) is 4.79 Å². The topological polar surface area (TPSA) is 95.6 Å². The van der Waals surface area contributed by atoms with E-state index in [1.807, 2.05) is 108 Å². The SMILES string of the molecule is COc1ccc(C(OC[C@@H]2C[C@@H](O[Si](c3ccccc3)(c3ccccc3)C(C)(C)C)CN2C(=O)[C@H](C)NC(=O)OCC2c3ccccc3-c3ccccc32)(c2ccccc2)c2ccc(OC)cc2)cc1. The molecule has 0 radical (unpaired) electrons. The summed E-state index contributed by atoms with van der Waals surface area (Å²) in [6.07, 6.45) is -0.542. The van der Waals surface area contributed by atoms with E-state index in [0.29, 0.717) is 17.9 Å². The zero-order valence-electron chi connectivity index (χ0n) is 40.8. The van der Waals surface area contributed by atoms with Gasteiger partial charge in [0.2, 0.25) is 5.91 Å². The summed E-state index contributed by atoms with van der Waals surface area (Å²) >= 11 is 0. The summed E-state index contributed by atoms with van der Waals surface area (Å²) in [5, 5.41) is 4.91. The summed E-state index contributed by atoms with van der Waals surface area (Å²) in [7, 11) is 0.241. The van der Waals surface area contributed by atoms with Gasteiger partial charge in [0.15, 0.2) is 0 Å². The first-order valence-corrected chi connectivity index (χ1v) is 26.1. The molecular formula is C60H62N2O7Si. The van der Waals surface area contributed by atoms with Gasteiger partial charge in [0.1, 0.15) is 29.7 Å². The molecule has 70 heavy (non-hydrogen) atoms. The minimum Gasteiger partial charge on any atom is -0.497 e. The third-order valence-corrected chi connectivity index (χ3v) is 19.2. The number of hydrogen-bond donors (Lipinski definition) is 1. The van der Waals surface area contributed by atoms with Crippen LogP contribution in [0.15, 0.2) is 188 Å². The zero-order valence-corrected chi connectivity index (χ0v) is 41.8. The number of amides is 2. The van der Waals surface area contributed by atoms with Crippen LogP contribution in [0.3, 0.4) is 0 Å². The number of benzene rings is 7. The summed E-state index contributed by atoms with van der Waals surface area (Å²) < 4.78 is 32.4. The fourth-order valence-corrected chi connectivity index (χ4v) is 15.4. The van der Waals surface area contributed by atoms with Crippen molar-refractivity contribution in [1.29, 1.82) is 0 Å². The van der Waals surface area contributed by atoms with Crippen LogP contribution in [-0.4, -0.2) is 77.4 Å². The van der Waals surface area contributed by atoms with Crippen molar-refractivity contribution in [1.82, 2.24) is 10.2 Å². The highest BCUT2D eigenvalue weighted by molar-refractivity contribution is 6.99. The summed E-state index contributed by atoms with van der Waals surface area (Å²) in [5.41, 5.74) is 6.05. The standard InChI is InChI=1S/C60H62N2O7Si/c1-42(61-58(64)67-41-56-54-28-18-16-26-52(54)53-27-17-19-29-55(53)56)57(63)62-39-49(69-70(59(2,3)4,50-22-12-8-13-23-50)51-24-14-9-15-25-51)38-46(62)40-68-60(43-20-10-7-11-21-43,44-30-34-47(65-5)35-31-44)45-32-36-48(66-6)37-33-45/h7-37,42,46,49,56H,38-41H2,1-6H3,(H,61,64)/t42-,46-,49+/m0/s1. The maximum atomic E-state index is 15.1. The molecule has 1 aliphatic heterocycles. The molecule has 0 aromatic heterocycles.